The second-order valence-corrected chi connectivity index (χ2v) is 4.04. The lowest BCUT2D eigenvalue weighted by Gasteiger charge is -2.11. The van der Waals surface area contributed by atoms with Crippen LogP contribution < -0.4 is 10.6 Å². The first-order valence-electron chi connectivity index (χ1n) is 5.80. The molecule has 2 N–H and O–H groups in total. The molecule has 0 aromatic carbocycles. The number of hydrogen-bond donors (Lipinski definition) is 2. The Morgan fingerprint density at radius 2 is 2.11 bits per heavy atom. The Kier molecular flexibility index (Phi) is 10.9. The van der Waals surface area contributed by atoms with Crippen LogP contribution in [0.4, 0.5) is 0 Å². The summed E-state index contributed by atoms with van der Waals surface area (Å²) in [5.41, 5.74) is 1.14. The van der Waals surface area contributed by atoms with Crippen LogP contribution in [0.3, 0.4) is 0 Å². The molecule has 0 spiro atoms. The summed E-state index contributed by atoms with van der Waals surface area (Å²) in [6, 6.07) is 3.76. The van der Waals surface area contributed by atoms with Crippen LogP contribution >= 0.6 is 35.6 Å². The third-order valence-electron chi connectivity index (χ3n) is 2.32. The van der Waals surface area contributed by atoms with Crippen LogP contribution in [0, 0.1) is 0 Å². The van der Waals surface area contributed by atoms with Gasteiger partial charge in [-0.25, -0.2) is 4.98 Å². The molecule has 0 fully saturated rings. The number of rotatable bonds is 6. The SMILES string of the molecule is CN=C(NCCOC)NCCc1ccc(Cl)nc1.I. The summed E-state index contributed by atoms with van der Waals surface area (Å²) < 4.78 is 4.96. The molecule has 1 aromatic heterocycles. The molecule has 0 atom stereocenters. The van der Waals surface area contributed by atoms with Gasteiger partial charge >= 0.3 is 0 Å². The molecule has 0 aliphatic heterocycles. The van der Waals surface area contributed by atoms with Gasteiger partial charge in [-0.15, -0.1) is 24.0 Å². The third kappa shape index (κ3) is 8.22. The van der Waals surface area contributed by atoms with Crippen molar-refractivity contribution in [2.24, 2.45) is 4.99 Å². The fraction of sp³-hybridized carbons (Fsp3) is 0.500. The lowest BCUT2D eigenvalue weighted by atomic mass is 10.2. The molecule has 5 nitrogen and oxygen atoms in total. The van der Waals surface area contributed by atoms with Gasteiger partial charge in [0.1, 0.15) is 5.15 Å². The van der Waals surface area contributed by atoms with Gasteiger partial charge in [0, 0.05) is 33.4 Å². The molecular weight excluding hydrogens is 379 g/mol. The Morgan fingerprint density at radius 1 is 1.37 bits per heavy atom. The van der Waals surface area contributed by atoms with E-state index in [-0.39, 0.29) is 24.0 Å². The molecule has 1 heterocycles. The second kappa shape index (κ2) is 11.2. The first kappa shape index (κ1) is 18.4. The minimum atomic E-state index is 0. The fourth-order valence-electron chi connectivity index (χ4n) is 1.37. The highest BCUT2D eigenvalue weighted by molar-refractivity contribution is 14.0. The van der Waals surface area contributed by atoms with Gasteiger partial charge in [-0.05, 0) is 18.1 Å². The van der Waals surface area contributed by atoms with Crippen molar-refractivity contribution in [1.29, 1.82) is 0 Å². The topological polar surface area (TPSA) is 58.5 Å². The number of pyridine rings is 1. The molecule has 1 rings (SSSR count). The molecule has 0 saturated carbocycles. The first-order chi connectivity index (χ1) is 8.76. The van der Waals surface area contributed by atoms with Gasteiger partial charge in [0.25, 0.3) is 0 Å². The number of hydrogen-bond acceptors (Lipinski definition) is 3. The number of methoxy groups -OCH3 is 1. The minimum absolute atomic E-state index is 0. The van der Waals surface area contributed by atoms with E-state index in [0.717, 1.165) is 31.0 Å². The number of nitrogens with one attached hydrogen (secondary N) is 2. The Balaban J connectivity index is 0.00000324. The number of ether oxygens (including phenoxy) is 1. The standard InChI is InChI=1S/C12H19ClN4O.HI/c1-14-12(16-7-8-18-2)15-6-5-10-3-4-11(13)17-9-10;/h3-4,9H,5-8H2,1-2H3,(H2,14,15,16);1H. The van der Waals surface area contributed by atoms with Gasteiger partial charge in [0.05, 0.1) is 6.61 Å². The molecule has 0 saturated heterocycles. The normalized spacial score (nSPS) is 10.8. The largest absolute Gasteiger partial charge is 0.383 e. The Hall–Kier alpha value is -0.600. The summed E-state index contributed by atoms with van der Waals surface area (Å²) >= 11 is 5.72. The van der Waals surface area contributed by atoms with E-state index in [0.29, 0.717) is 11.8 Å². The maximum atomic E-state index is 5.72. The van der Waals surface area contributed by atoms with E-state index < -0.39 is 0 Å². The van der Waals surface area contributed by atoms with Crippen molar-refractivity contribution in [2.75, 3.05) is 33.9 Å². The smallest absolute Gasteiger partial charge is 0.191 e. The number of aromatic nitrogens is 1. The van der Waals surface area contributed by atoms with Gasteiger partial charge in [0.2, 0.25) is 0 Å². The summed E-state index contributed by atoms with van der Waals surface area (Å²) in [4.78, 5) is 8.14. The van der Waals surface area contributed by atoms with Crippen LogP contribution in [0.5, 0.6) is 0 Å². The number of nitrogens with zero attached hydrogens (tertiary/aromatic N) is 2. The van der Waals surface area contributed by atoms with Gasteiger partial charge in [-0.3, -0.25) is 4.99 Å². The van der Waals surface area contributed by atoms with Crippen molar-refractivity contribution in [3.63, 3.8) is 0 Å². The predicted octanol–water partition coefficient (Wildman–Crippen LogP) is 1.71. The van der Waals surface area contributed by atoms with E-state index in [9.17, 15) is 0 Å². The van der Waals surface area contributed by atoms with Crippen LogP contribution in [0.15, 0.2) is 23.3 Å². The minimum Gasteiger partial charge on any atom is -0.383 e. The monoisotopic (exact) mass is 398 g/mol. The highest BCUT2D eigenvalue weighted by Gasteiger charge is 1.98. The maximum absolute atomic E-state index is 5.72. The average Bonchev–Trinajstić information content (AvgIpc) is 2.39. The molecule has 0 amide bonds. The molecule has 0 aliphatic rings. The van der Waals surface area contributed by atoms with E-state index in [4.69, 9.17) is 16.3 Å². The van der Waals surface area contributed by atoms with Crippen LogP contribution in [0.1, 0.15) is 5.56 Å². The summed E-state index contributed by atoms with van der Waals surface area (Å²) in [7, 11) is 3.41. The van der Waals surface area contributed by atoms with Gasteiger partial charge < -0.3 is 15.4 Å². The lowest BCUT2D eigenvalue weighted by molar-refractivity contribution is 0.203. The highest BCUT2D eigenvalue weighted by Crippen LogP contribution is 2.05. The molecule has 0 unspecified atom stereocenters. The summed E-state index contributed by atoms with van der Waals surface area (Å²) in [6.45, 7) is 2.18. The van der Waals surface area contributed by atoms with Crippen molar-refractivity contribution in [3.05, 3.63) is 29.0 Å². The molecule has 1 aromatic rings. The summed E-state index contributed by atoms with van der Waals surface area (Å²) in [5, 5.41) is 6.87. The van der Waals surface area contributed by atoms with Crippen molar-refractivity contribution in [1.82, 2.24) is 15.6 Å². The lowest BCUT2D eigenvalue weighted by Crippen LogP contribution is -2.39. The summed E-state index contributed by atoms with van der Waals surface area (Å²) in [6.07, 6.45) is 2.65. The molecule has 108 valence electrons. The van der Waals surface area contributed by atoms with E-state index >= 15 is 0 Å². The molecule has 7 heteroatoms. The summed E-state index contributed by atoms with van der Waals surface area (Å²) in [5.74, 6) is 0.772. The molecule has 19 heavy (non-hydrogen) atoms. The number of halogens is 2. The Morgan fingerprint density at radius 3 is 2.68 bits per heavy atom. The van der Waals surface area contributed by atoms with Crippen LogP contribution in [0.2, 0.25) is 5.15 Å². The molecular formula is C12H20ClIN4O. The Labute approximate surface area is 136 Å². The van der Waals surface area contributed by atoms with Gasteiger partial charge in [-0.2, -0.15) is 0 Å². The zero-order valence-corrected chi connectivity index (χ0v) is 14.2. The van der Waals surface area contributed by atoms with Crippen molar-refractivity contribution < 1.29 is 4.74 Å². The fourth-order valence-corrected chi connectivity index (χ4v) is 1.48. The first-order valence-corrected chi connectivity index (χ1v) is 6.18. The van der Waals surface area contributed by atoms with E-state index in [2.05, 4.69) is 20.6 Å². The van der Waals surface area contributed by atoms with Gasteiger partial charge in [-0.1, -0.05) is 17.7 Å². The van der Waals surface area contributed by atoms with E-state index in [1.165, 1.54) is 0 Å². The zero-order chi connectivity index (χ0) is 13.2. The average molecular weight is 399 g/mol. The van der Waals surface area contributed by atoms with Gasteiger partial charge in [0.15, 0.2) is 5.96 Å². The molecule has 0 radical (unpaired) electrons. The number of guanidine groups is 1. The Bertz CT molecular complexity index is 372. The van der Waals surface area contributed by atoms with E-state index in [1.807, 2.05) is 6.07 Å². The quantitative estimate of drug-likeness (QED) is 0.252. The second-order valence-electron chi connectivity index (χ2n) is 3.66. The predicted molar refractivity (Wildman–Crippen MR) is 89.6 cm³/mol. The van der Waals surface area contributed by atoms with Crippen molar-refractivity contribution >= 4 is 41.5 Å². The number of aliphatic imine (C=N–C) groups is 1. The zero-order valence-electron chi connectivity index (χ0n) is 11.1. The van der Waals surface area contributed by atoms with Crippen molar-refractivity contribution in [2.45, 2.75) is 6.42 Å². The van der Waals surface area contributed by atoms with Crippen LogP contribution in [-0.2, 0) is 11.2 Å². The third-order valence-corrected chi connectivity index (χ3v) is 2.54. The molecule has 0 aliphatic carbocycles. The van der Waals surface area contributed by atoms with Crippen LogP contribution in [0.25, 0.3) is 0 Å². The van der Waals surface area contributed by atoms with Crippen molar-refractivity contribution in [3.8, 4) is 0 Å². The maximum Gasteiger partial charge on any atom is 0.191 e. The van der Waals surface area contributed by atoms with Crippen LogP contribution in [-0.4, -0.2) is 44.8 Å². The van der Waals surface area contributed by atoms with E-state index in [1.54, 1.807) is 26.4 Å². The highest BCUT2D eigenvalue weighted by atomic mass is 127. The molecule has 0 bridgehead atoms.